The third kappa shape index (κ3) is 3.78. The van der Waals surface area contributed by atoms with Crippen LogP contribution in [0.25, 0.3) is 0 Å². The first kappa shape index (κ1) is 14.0. The van der Waals surface area contributed by atoms with Crippen molar-refractivity contribution in [3.63, 3.8) is 0 Å². The van der Waals surface area contributed by atoms with Crippen LogP contribution in [0.1, 0.15) is 30.6 Å². The zero-order valence-electron chi connectivity index (χ0n) is 10.8. The largest absolute Gasteiger partial charge is 0.487 e. The lowest BCUT2D eigenvalue weighted by Gasteiger charge is -2.10. The number of halogens is 1. The van der Waals surface area contributed by atoms with E-state index in [9.17, 15) is 0 Å². The molecule has 0 spiro atoms. The Morgan fingerprint density at radius 1 is 1.26 bits per heavy atom. The summed E-state index contributed by atoms with van der Waals surface area (Å²) in [6.07, 6.45) is 2.60. The quantitative estimate of drug-likeness (QED) is 0.910. The zero-order valence-corrected chi connectivity index (χ0v) is 12.4. The van der Waals surface area contributed by atoms with Gasteiger partial charge in [-0.15, -0.1) is 0 Å². The summed E-state index contributed by atoms with van der Waals surface area (Å²) in [6.45, 7) is 2.56. The maximum Gasteiger partial charge on any atom is 0.138 e. The Morgan fingerprint density at radius 3 is 2.68 bits per heavy atom. The Morgan fingerprint density at radius 2 is 2.05 bits per heavy atom. The minimum Gasteiger partial charge on any atom is -0.487 e. The standard InChI is InChI=1S/C15H17BrN2O/c1-2-14(17)15-8-7-12(9-18-15)19-10-11-5-3-4-6-13(11)16/h3-9,14H,2,10,17H2,1H3/t14-/m1/s1. The van der Waals surface area contributed by atoms with Crippen LogP contribution in [0.2, 0.25) is 0 Å². The summed E-state index contributed by atoms with van der Waals surface area (Å²) >= 11 is 3.50. The number of aromatic nitrogens is 1. The fraction of sp³-hybridized carbons (Fsp3) is 0.267. The number of ether oxygens (including phenoxy) is 1. The predicted octanol–water partition coefficient (Wildman–Crippen LogP) is 3.83. The van der Waals surface area contributed by atoms with Crippen molar-refractivity contribution >= 4 is 15.9 Å². The van der Waals surface area contributed by atoms with Crippen molar-refractivity contribution in [2.24, 2.45) is 5.73 Å². The van der Waals surface area contributed by atoms with E-state index in [1.807, 2.05) is 43.3 Å². The summed E-state index contributed by atoms with van der Waals surface area (Å²) in [5, 5.41) is 0. The molecule has 3 nitrogen and oxygen atoms in total. The molecule has 0 aliphatic heterocycles. The van der Waals surface area contributed by atoms with Gasteiger partial charge in [-0.3, -0.25) is 4.98 Å². The van der Waals surface area contributed by atoms with Gasteiger partial charge < -0.3 is 10.5 Å². The molecule has 0 bridgehead atoms. The van der Waals surface area contributed by atoms with E-state index in [4.69, 9.17) is 10.5 Å². The molecule has 4 heteroatoms. The molecular weight excluding hydrogens is 304 g/mol. The smallest absolute Gasteiger partial charge is 0.138 e. The van der Waals surface area contributed by atoms with E-state index in [-0.39, 0.29) is 6.04 Å². The molecule has 2 rings (SSSR count). The zero-order chi connectivity index (χ0) is 13.7. The number of hydrogen-bond acceptors (Lipinski definition) is 3. The third-order valence-electron chi connectivity index (χ3n) is 2.93. The van der Waals surface area contributed by atoms with E-state index in [0.717, 1.165) is 27.9 Å². The second-order valence-electron chi connectivity index (χ2n) is 4.31. The molecule has 0 saturated heterocycles. The SMILES string of the molecule is CC[C@@H](N)c1ccc(OCc2ccccc2Br)cn1. The van der Waals surface area contributed by atoms with Crippen LogP contribution in [0, 0.1) is 0 Å². The molecule has 1 atom stereocenters. The van der Waals surface area contributed by atoms with E-state index < -0.39 is 0 Å². The topological polar surface area (TPSA) is 48.1 Å². The second-order valence-corrected chi connectivity index (χ2v) is 5.17. The van der Waals surface area contributed by atoms with Crippen molar-refractivity contribution in [3.05, 3.63) is 58.3 Å². The maximum absolute atomic E-state index is 5.92. The van der Waals surface area contributed by atoms with E-state index in [0.29, 0.717) is 6.61 Å². The molecule has 2 N–H and O–H groups in total. The van der Waals surface area contributed by atoms with E-state index in [1.54, 1.807) is 6.20 Å². The second kappa shape index (κ2) is 6.68. The third-order valence-corrected chi connectivity index (χ3v) is 3.70. The van der Waals surface area contributed by atoms with Crippen molar-refractivity contribution in [2.75, 3.05) is 0 Å². The van der Waals surface area contributed by atoms with Gasteiger partial charge in [0.15, 0.2) is 0 Å². The lowest BCUT2D eigenvalue weighted by atomic mass is 10.1. The Balaban J connectivity index is 1.99. The summed E-state index contributed by atoms with van der Waals surface area (Å²) < 4.78 is 6.76. The Labute approximate surface area is 121 Å². The first-order chi connectivity index (χ1) is 9.20. The average molecular weight is 321 g/mol. The molecular formula is C15H17BrN2O. The number of nitrogens with two attached hydrogens (primary N) is 1. The van der Waals surface area contributed by atoms with Crippen molar-refractivity contribution in [3.8, 4) is 5.75 Å². The van der Waals surface area contributed by atoms with Crippen LogP contribution in [-0.2, 0) is 6.61 Å². The lowest BCUT2D eigenvalue weighted by molar-refractivity contribution is 0.304. The lowest BCUT2D eigenvalue weighted by Crippen LogP contribution is -2.10. The highest BCUT2D eigenvalue weighted by Gasteiger charge is 2.05. The van der Waals surface area contributed by atoms with Gasteiger partial charge in [-0.05, 0) is 24.6 Å². The maximum atomic E-state index is 5.92. The van der Waals surface area contributed by atoms with Gasteiger partial charge in [0, 0.05) is 16.1 Å². The highest BCUT2D eigenvalue weighted by molar-refractivity contribution is 9.10. The van der Waals surface area contributed by atoms with Crippen LogP contribution < -0.4 is 10.5 Å². The molecule has 0 aliphatic carbocycles. The molecule has 0 aliphatic rings. The van der Waals surface area contributed by atoms with Gasteiger partial charge in [-0.2, -0.15) is 0 Å². The van der Waals surface area contributed by atoms with Crippen LogP contribution in [0.5, 0.6) is 5.75 Å². The number of benzene rings is 1. The van der Waals surface area contributed by atoms with Gasteiger partial charge in [0.2, 0.25) is 0 Å². The molecule has 0 radical (unpaired) electrons. The first-order valence-electron chi connectivity index (χ1n) is 6.28. The van der Waals surface area contributed by atoms with Gasteiger partial charge >= 0.3 is 0 Å². The average Bonchev–Trinajstić information content (AvgIpc) is 2.46. The molecule has 0 saturated carbocycles. The van der Waals surface area contributed by atoms with Gasteiger partial charge in [0.1, 0.15) is 12.4 Å². The summed E-state index contributed by atoms with van der Waals surface area (Å²) in [7, 11) is 0. The molecule has 1 aromatic heterocycles. The fourth-order valence-electron chi connectivity index (χ4n) is 1.68. The van der Waals surface area contributed by atoms with Crippen LogP contribution in [0.15, 0.2) is 47.1 Å². The van der Waals surface area contributed by atoms with Gasteiger partial charge in [0.05, 0.1) is 11.9 Å². The molecule has 0 amide bonds. The summed E-state index contributed by atoms with van der Waals surface area (Å²) in [5.74, 6) is 0.753. The van der Waals surface area contributed by atoms with E-state index >= 15 is 0 Å². The van der Waals surface area contributed by atoms with Gasteiger partial charge in [-0.25, -0.2) is 0 Å². The summed E-state index contributed by atoms with van der Waals surface area (Å²) in [6, 6.07) is 11.8. The summed E-state index contributed by atoms with van der Waals surface area (Å²) in [4.78, 5) is 4.32. The van der Waals surface area contributed by atoms with Crippen molar-refractivity contribution < 1.29 is 4.74 Å². The number of pyridine rings is 1. The molecule has 1 aromatic carbocycles. The normalized spacial score (nSPS) is 12.2. The van der Waals surface area contributed by atoms with E-state index in [2.05, 4.69) is 20.9 Å². The molecule has 19 heavy (non-hydrogen) atoms. The number of nitrogens with zero attached hydrogens (tertiary/aromatic N) is 1. The summed E-state index contributed by atoms with van der Waals surface area (Å²) in [5.41, 5.74) is 7.93. The van der Waals surface area contributed by atoms with Crippen molar-refractivity contribution in [2.45, 2.75) is 26.0 Å². The minimum absolute atomic E-state index is 0.00248. The fourth-order valence-corrected chi connectivity index (χ4v) is 2.08. The van der Waals surface area contributed by atoms with Crippen LogP contribution in [-0.4, -0.2) is 4.98 Å². The molecule has 0 fully saturated rings. The molecule has 2 aromatic rings. The minimum atomic E-state index is -0.00248. The Hall–Kier alpha value is -1.39. The van der Waals surface area contributed by atoms with Crippen LogP contribution in [0.4, 0.5) is 0 Å². The predicted molar refractivity (Wildman–Crippen MR) is 79.9 cm³/mol. The number of rotatable bonds is 5. The van der Waals surface area contributed by atoms with Gasteiger partial charge in [0.25, 0.3) is 0 Å². The van der Waals surface area contributed by atoms with Crippen molar-refractivity contribution in [1.82, 2.24) is 4.98 Å². The Kier molecular flexibility index (Phi) is 4.93. The first-order valence-corrected chi connectivity index (χ1v) is 7.07. The number of hydrogen-bond donors (Lipinski definition) is 1. The molecule has 100 valence electrons. The van der Waals surface area contributed by atoms with E-state index in [1.165, 1.54) is 0 Å². The highest BCUT2D eigenvalue weighted by Crippen LogP contribution is 2.19. The van der Waals surface area contributed by atoms with Gasteiger partial charge in [-0.1, -0.05) is 41.1 Å². The van der Waals surface area contributed by atoms with Crippen molar-refractivity contribution in [1.29, 1.82) is 0 Å². The highest BCUT2D eigenvalue weighted by atomic mass is 79.9. The molecule has 0 unspecified atom stereocenters. The van der Waals surface area contributed by atoms with Crippen LogP contribution in [0.3, 0.4) is 0 Å². The molecule has 1 heterocycles. The monoisotopic (exact) mass is 320 g/mol. The van der Waals surface area contributed by atoms with Crippen LogP contribution >= 0.6 is 15.9 Å². The Bertz CT molecular complexity index is 528.